The van der Waals surface area contributed by atoms with Gasteiger partial charge in [-0.3, -0.25) is 0 Å². The summed E-state index contributed by atoms with van der Waals surface area (Å²) >= 11 is 0. The van der Waals surface area contributed by atoms with E-state index in [1.807, 2.05) is 0 Å². The van der Waals surface area contributed by atoms with Crippen LogP contribution in [0.25, 0.3) is 0 Å². The van der Waals surface area contributed by atoms with Crippen molar-refractivity contribution in [2.75, 3.05) is 13.1 Å². The van der Waals surface area contributed by atoms with Crippen LogP contribution in [0, 0.1) is 11.8 Å². The Morgan fingerprint density at radius 1 is 0.917 bits per heavy atom. The van der Waals surface area contributed by atoms with E-state index in [1.54, 1.807) is 0 Å². The lowest BCUT2D eigenvalue weighted by Gasteiger charge is -2.23. The van der Waals surface area contributed by atoms with Gasteiger partial charge in [-0.25, -0.2) is 0 Å². The molecule has 1 N–H and O–H groups in total. The number of hydrogen-bond acceptors (Lipinski definition) is 1. The van der Waals surface area contributed by atoms with Gasteiger partial charge in [0.25, 0.3) is 0 Å². The Morgan fingerprint density at radius 3 is 2.42 bits per heavy atom. The van der Waals surface area contributed by atoms with Crippen molar-refractivity contribution in [1.82, 2.24) is 5.32 Å². The Balaban J connectivity index is 1.69. The molecule has 70 valence electrons. The van der Waals surface area contributed by atoms with Gasteiger partial charge >= 0.3 is 0 Å². The fourth-order valence-electron chi connectivity index (χ4n) is 2.81. The average molecular weight is 167 g/mol. The van der Waals surface area contributed by atoms with Crippen LogP contribution >= 0.6 is 0 Å². The van der Waals surface area contributed by atoms with Crippen molar-refractivity contribution in [3.8, 4) is 0 Å². The highest BCUT2D eigenvalue weighted by atomic mass is 14.9. The Bertz CT molecular complexity index is 121. The molecule has 1 aliphatic carbocycles. The zero-order valence-electron chi connectivity index (χ0n) is 8.02. The first-order chi connectivity index (χ1) is 5.95. The average Bonchev–Trinajstić information content (AvgIpc) is 2.59. The molecule has 0 spiro atoms. The van der Waals surface area contributed by atoms with Gasteiger partial charge in [-0.05, 0) is 37.8 Å². The van der Waals surface area contributed by atoms with Crippen LogP contribution in [-0.2, 0) is 0 Å². The Morgan fingerprint density at radius 2 is 1.75 bits per heavy atom. The maximum Gasteiger partial charge on any atom is -0.00199 e. The summed E-state index contributed by atoms with van der Waals surface area (Å²) in [5.41, 5.74) is 0. The van der Waals surface area contributed by atoms with Crippen LogP contribution in [0.2, 0.25) is 0 Å². The molecule has 0 amide bonds. The van der Waals surface area contributed by atoms with Gasteiger partial charge in [0, 0.05) is 0 Å². The van der Waals surface area contributed by atoms with Gasteiger partial charge < -0.3 is 5.32 Å². The SMILES string of the molecule is C1CCC(C[C@@H]2CCNC2)CC1. The molecule has 0 bridgehead atoms. The lowest BCUT2D eigenvalue weighted by molar-refractivity contribution is 0.296. The summed E-state index contributed by atoms with van der Waals surface area (Å²) in [4.78, 5) is 0. The predicted octanol–water partition coefficient (Wildman–Crippen LogP) is 2.57. The van der Waals surface area contributed by atoms with Crippen molar-refractivity contribution < 1.29 is 0 Å². The maximum absolute atomic E-state index is 3.46. The van der Waals surface area contributed by atoms with Gasteiger partial charge in [-0.1, -0.05) is 32.1 Å². The van der Waals surface area contributed by atoms with E-state index in [9.17, 15) is 0 Å². The molecule has 1 nitrogen and oxygen atoms in total. The molecule has 2 aliphatic rings. The van der Waals surface area contributed by atoms with Gasteiger partial charge in [0.1, 0.15) is 0 Å². The first-order valence-corrected chi connectivity index (χ1v) is 5.66. The fraction of sp³-hybridized carbons (Fsp3) is 1.00. The van der Waals surface area contributed by atoms with Crippen LogP contribution in [0.3, 0.4) is 0 Å². The molecule has 1 atom stereocenters. The molecule has 12 heavy (non-hydrogen) atoms. The normalized spacial score (nSPS) is 32.5. The van der Waals surface area contributed by atoms with Crippen LogP contribution in [0.5, 0.6) is 0 Å². The molecular formula is C11H21N. The summed E-state index contributed by atoms with van der Waals surface area (Å²) in [7, 11) is 0. The molecule has 1 saturated carbocycles. The van der Waals surface area contributed by atoms with Crippen LogP contribution in [0.1, 0.15) is 44.9 Å². The summed E-state index contributed by atoms with van der Waals surface area (Å²) in [5, 5.41) is 3.46. The minimum Gasteiger partial charge on any atom is -0.316 e. The summed E-state index contributed by atoms with van der Waals surface area (Å²) in [6, 6.07) is 0. The molecule has 0 aromatic carbocycles. The minimum absolute atomic E-state index is 1.02. The Hall–Kier alpha value is -0.0400. The molecule has 0 radical (unpaired) electrons. The molecule has 2 fully saturated rings. The molecule has 1 heterocycles. The van der Waals surface area contributed by atoms with Crippen LogP contribution in [0.4, 0.5) is 0 Å². The van der Waals surface area contributed by atoms with Crippen molar-refractivity contribution >= 4 is 0 Å². The van der Waals surface area contributed by atoms with Crippen LogP contribution < -0.4 is 5.32 Å². The highest BCUT2D eigenvalue weighted by molar-refractivity contribution is 4.76. The molecule has 1 aliphatic heterocycles. The molecule has 0 aromatic heterocycles. The standard InChI is InChI=1S/C11H21N/c1-2-4-10(5-3-1)8-11-6-7-12-9-11/h10-12H,1-9H2/t11-/m0/s1. The second-order valence-corrected chi connectivity index (χ2v) is 4.60. The molecular weight excluding hydrogens is 146 g/mol. The van der Waals surface area contributed by atoms with E-state index in [-0.39, 0.29) is 0 Å². The van der Waals surface area contributed by atoms with Gasteiger partial charge in [0.05, 0.1) is 0 Å². The zero-order chi connectivity index (χ0) is 8.23. The smallest absolute Gasteiger partial charge is 0.00199 e. The topological polar surface area (TPSA) is 12.0 Å². The van der Waals surface area contributed by atoms with Crippen molar-refractivity contribution in [3.63, 3.8) is 0 Å². The van der Waals surface area contributed by atoms with Gasteiger partial charge in [0.15, 0.2) is 0 Å². The first kappa shape index (κ1) is 8.55. The van der Waals surface area contributed by atoms with E-state index in [0.717, 1.165) is 11.8 Å². The monoisotopic (exact) mass is 167 g/mol. The van der Waals surface area contributed by atoms with Crippen molar-refractivity contribution in [2.24, 2.45) is 11.8 Å². The molecule has 0 aromatic rings. The lowest BCUT2D eigenvalue weighted by atomic mass is 9.82. The molecule has 2 rings (SSSR count). The summed E-state index contributed by atoms with van der Waals surface area (Å²) < 4.78 is 0. The largest absolute Gasteiger partial charge is 0.316 e. The Labute approximate surface area is 75.9 Å². The molecule has 0 unspecified atom stereocenters. The van der Waals surface area contributed by atoms with Crippen LogP contribution in [0.15, 0.2) is 0 Å². The third-order valence-corrected chi connectivity index (χ3v) is 3.55. The number of rotatable bonds is 2. The molecule has 1 saturated heterocycles. The highest BCUT2D eigenvalue weighted by Crippen LogP contribution is 2.30. The number of hydrogen-bond donors (Lipinski definition) is 1. The first-order valence-electron chi connectivity index (χ1n) is 5.66. The quantitative estimate of drug-likeness (QED) is 0.666. The zero-order valence-corrected chi connectivity index (χ0v) is 8.02. The predicted molar refractivity (Wildman–Crippen MR) is 52.2 cm³/mol. The van der Waals surface area contributed by atoms with Crippen molar-refractivity contribution in [2.45, 2.75) is 44.9 Å². The van der Waals surface area contributed by atoms with Crippen molar-refractivity contribution in [1.29, 1.82) is 0 Å². The summed E-state index contributed by atoms with van der Waals surface area (Å²) in [5.74, 6) is 2.11. The van der Waals surface area contributed by atoms with Gasteiger partial charge in [0.2, 0.25) is 0 Å². The second kappa shape index (κ2) is 4.27. The third-order valence-electron chi connectivity index (χ3n) is 3.55. The van der Waals surface area contributed by atoms with Crippen LogP contribution in [-0.4, -0.2) is 13.1 Å². The van der Waals surface area contributed by atoms with Gasteiger partial charge in [-0.15, -0.1) is 0 Å². The van der Waals surface area contributed by atoms with E-state index in [4.69, 9.17) is 0 Å². The van der Waals surface area contributed by atoms with E-state index < -0.39 is 0 Å². The van der Waals surface area contributed by atoms with E-state index in [1.165, 1.54) is 58.0 Å². The van der Waals surface area contributed by atoms with Crippen molar-refractivity contribution in [3.05, 3.63) is 0 Å². The van der Waals surface area contributed by atoms with E-state index in [0.29, 0.717) is 0 Å². The summed E-state index contributed by atoms with van der Waals surface area (Å²) in [6.07, 6.45) is 10.5. The minimum atomic E-state index is 1.02. The maximum atomic E-state index is 3.46. The van der Waals surface area contributed by atoms with Gasteiger partial charge in [-0.2, -0.15) is 0 Å². The highest BCUT2D eigenvalue weighted by Gasteiger charge is 2.20. The third kappa shape index (κ3) is 2.22. The number of nitrogens with one attached hydrogen (secondary N) is 1. The lowest BCUT2D eigenvalue weighted by Crippen LogP contribution is -2.14. The second-order valence-electron chi connectivity index (χ2n) is 4.60. The fourth-order valence-corrected chi connectivity index (χ4v) is 2.81. The Kier molecular flexibility index (Phi) is 3.04. The molecule has 1 heteroatoms. The summed E-state index contributed by atoms with van der Waals surface area (Å²) in [6.45, 7) is 2.58. The van der Waals surface area contributed by atoms with E-state index >= 15 is 0 Å². The van der Waals surface area contributed by atoms with E-state index in [2.05, 4.69) is 5.32 Å².